The normalized spacial score (nSPS) is 18.1. The highest BCUT2D eigenvalue weighted by molar-refractivity contribution is 8.15. The number of nitrogens with zero attached hydrogens (tertiary/aromatic N) is 2. The third-order valence-electron chi connectivity index (χ3n) is 3.88. The summed E-state index contributed by atoms with van der Waals surface area (Å²) < 4.78 is 10.8. The van der Waals surface area contributed by atoms with Crippen molar-refractivity contribution in [3.63, 3.8) is 0 Å². The number of amidine groups is 1. The lowest BCUT2D eigenvalue weighted by Gasteiger charge is -2.09. The van der Waals surface area contributed by atoms with E-state index in [0.717, 1.165) is 11.1 Å². The second-order valence-electron chi connectivity index (χ2n) is 5.78. The van der Waals surface area contributed by atoms with Gasteiger partial charge < -0.3 is 14.8 Å². The van der Waals surface area contributed by atoms with Crippen molar-refractivity contribution in [2.45, 2.75) is 18.6 Å². The minimum Gasteiger partial charge on any atom is -0.493 e. The van der Waals surface area contributed by atoms with Gasteiger partial charge in [-0.3, -0.25) is 4.79 Å². The molecule has 0 saturated carbocycles. The fourth-order valence-electron chi connectivity index (χ4n) is 2.60. The molecule has 6 nitrogen and oxygen atoms in total. The Morgan fingerprint density at radius 3 is 2.74 bits per heavy atom. The number of thioether (sulfide) groups is 1. The first-order valence-electron chi connectivity index (χ1n) is 8.63. The maximum Gasteiger partial charge on any atom is 0.239 e. The second kappa shape index (κ2) is 9.23. The average Bonchev–Trinajstić information content (AvgIpc) is 3.03. The van der Waals surface area contributed by atoms with Crippen LogP contribution >= 0.6 is 11.8 Å². The number of carbonyl (C=O) groups excluding carboxylic acids is 1. The van der Waals surface area contributed by atoms with Crippen LogP contribution in [0, 0.1) is 0 Å². The molecule has 1 N–H and O–H groups in total. The van der Waals surface area contributed by atoms with E-state index >= 15 is 0 Å². The van der Waals surface area contributed by atoms with E-state index in [0.29, 0.717) is 29.7 Å². The molecule has 2 aromatic rings. The lowest BCUT2D eigenvalue weighted by molar-refractivity contribution is -0.118. The SMILES string of the molecule is CCOc1ccc(/C=N/N=C2\NC(=O)C(Cc3ccccc3)S2)cc1OC. The van der Waals surface area contributed by atoms with Gasteiger partial charge in [-0.05, 0) is 42.7 Å². The van der Waals surface area contributed by atoms with Crippen LogP contribution in [-0.2, 0) is 11.2 Å². The van der Waals surface area contributed by atoms with Crippen LogP contribution in [0.3, 0.4) is 0 Å². The van der Waals surface area contributed by atoms with Crippen molar-refractivity contribution in [3.8, 4) is 11.5 Å². The molecule has 1 amide bonds. The predicted octanol–water partition coefficient (Wildman–Crippen LogP) is 3.26. The number of amides is 1. The molecule has 0 aliphatic carbocycles. The third kappa shape index (κ3) is 5.10. The molecule has 1 fully saturated rings. The molecule has 1 heterocycles. The molecule has 1 unspecified atom stereocenters. The van der Waals surface area contributed by atoms with E-state index in [2.05, 4.69) is 15.5 Å². The summed E-state index contributed by atoms with van der Waals surface area (Å²) in [6, 6.07) is 15.5. The van der Waals surface area contributed by atoms with Crippen LogP contribution in [0.15, 0.2) is 58.7 Å². The van der Waals surface area contributed by atoms with Crippen LogP contribution in [0.2, 0.25) is 0 Å². The largest absolute Gasteiger partial charge is 0.493 e. The minimum absolute atomic E-state index is 0.0412. The van der Waals surface area contributed by atoms with Gasteiger partial charge in [0.2, 0.25) is 5.91 Å². The molecular weight excluding hydrogens is 362 g/mol. The molecule has 140 valence electrons. The zero-order valence-corrected chi connectivity index (χ0v) is 16.0. The number of nitrogens with one attached hydrogen (secondary N) is 1. The zero-order valence-electron chi connectivity index (χ0n) is 15.2. The van der Waals surface area contributed by atoms with E-state index in [4.69, 9.17) is 9.47 Å². The number of carbonyl (C=O) groups is 1. The highest BCUT2D eigenvalue weighted by Gasteiger charge is 2.30. The van der Waals surface area contributed by atoms with E-state index in [9.17, 15) is 4.79 Å². The van der Waals surface area contributed by atoms with Crippen molar-refractivity contribution >= 4 is 29.1 Å². The first-order chi connectivity index (χ1) is 13.2. The maximum atomic E-state index is 12.1. The standard InChI is InChI=1S/C20H21N3O3S/c1-3-26-16-10-9-15(11-17(16)25-2)13-21-23-20-22-19(24)18(27-20)12-14-7-5-4-6-8-14/h4-11,13,18H,3,12H2,1-2H3,(H,22,23,24)/b21-13+. The Hall–Kier alpha value is -2.80. The summed E-state index contributed by atoms with van der Waals surface area (Å²) in [4.78, 5) is 12.1. The molecule has 1 aliphatic heterocycles. The molecule has 1 aliphatic rings. The second-order valence-corrected chi connectivity index (χ2v) is 6.97. The number of methoxy groups -OCH3 is 1. The van der Waals surface area contributed by atoms with Crippen LogP contribution in [0.5, 0.6) is 11.5 Å². The van der Waals surface area contributed by atoms with Crippen LogP contribution in [0.25, 0.3) is 0 Å². The van der Waals surface area contributed by atoms with Crippen molar-refractivity contribution in [3.05, 3.63) is 59.7 Å². The Morgan fingerprint density at radius 2 is 2.00 bits per heavy atom. The summed E-state index contributed by atoms with van der Waals surface area (Å²) in [6.07, 6.45) is 2.28. The van der Waals surface area contributed by atoms with E-state index in [1.54, 1.807) is 13.3 Å². The molecule has 7 heteroatoms. The van der Waals surface area contributed by atoms with Crippen molar-refractivity contribution in [1.82, 2.24) is 5.32 Å². The third-order valence-corrected chi connectivity index (χ3v) is 4.96. The monoisotopic (exact) mass is 383 g/mol. The van der Waals surface area contributed by atoms with Crippen molar-refractivity contribution in [2.75, 3.05) is 13.7 Å². The summed E-state index contributed by atoms with van der Waals surface area (Å²) >= 11 is 1.40. The van der Waals surface area contributed by atoms with Crippen LogP contribution in [0.4, 0.5) is 0 Å². The minimum atomic E-state index is -0.188. The molecule has 0 aromatic heterocycles. The van der Waals surface area contributed by atoms with Gasteiger partial charge in [0.1, 0.15) is 0 Å². The van der Waals surface area contributed by atoms with Gasteiger partial charge in [0.05, 0.1) is 25.2 Å². The number of benzene rings is 2. The Balaban J connectivity index is 1.63. The Kier molecular flexibility index (Phi) is 6.49. The lowest BCUT2D eigenvalue weighted by atomic mass is 10.1. The van der Waals surface area contributed by atoms with Gasteiger partial charge in [-0.25, -0.2) is 0 Å². The highest BCUT2D eigenvalue weighted by Crippen LogP contribution is 2.27. The topological polar surface area (TPSA) is 72.3 Å². The van der Waals surface area contributed by atoms with Gasteiger partial charge >= 0.3 is 0 Å². The lowest BCUT2D eigenvalue weighted by Crippen LogP contribution is -2.25. The van der Waals surface area contributed by atoms with Crippen molar-refractivity contribution < 1.29 is 14.3 Å². The van der Waals surface area contributed by atoms with Crippen LogP contribution in [0.1, 0.15) is 18.1 Å². The predicted molar refractivity (Wildman–Crippen MR) is 109 cm³/mol. The molecular formula is C20H21N3O3S. The summed E-state index contributed by atoms with van der Waals surface area (Å²) in [5, 5.41) is 11.3. The molecule has 0 bridgehead atoms. The Bertz CT molecular complexity index is 853. The van der Waals surface area contributed by atoms with Gasteiger partial charge in [-0.1, -0.05) is 42.1 Å². The van der Waals surface area contributed by atoms with E-state index < -0.39 is 0 Å². The fraction of sp³-hybridized carbons (Fsp3) is 0.250. The molecule has 1 atom stereocenters. The smallest absolute Gasteiger partial charge is 0.239 e. The molecule has 2 aromatic carbocycles. The fourth-order valence-corrected chi connectivity index (χ4v) is 3.57. The highest BCUT2D eigenvalue weighted by atomic mass is 32.2. The Labute approximate surface area is 162 Å². The van der Waals surface area contributed by atoms with Crippen LogP contribution < -0.4 is 14.8 Å². The quantitative estimate of drug-likeness (QED) is 0.588. The molecule has 3 rings (SSSR count). The number of rotatable bonds is 7. The Morgan fingerprint density at radius 1 is 1.19 bits per heavy atom. The molecule has 1 saturated heterocycles. The van der Waals surface area contributed by atoms with Crippen molar-refractivity contribution in [1.29, 1.82) is 0 Å². The van der Waals surface area contributed by atoms with Gasteiger partial charge in [-0.2, -0.15) is 5.10 Å². The summed E-state index contributed by atoms with van der Waals surface area (Å²) in [5.74, 6) is 1.28. The van der Waals surface area contributed by atoms with Crippen molar-refractivity contribution in [2.24, 2.45) is 10.2 Å². The number of hydrogen-bond donors (Lipinski definition) is 1. The first kappa shape index (κ1) is 19.0. The van der Waals surface area contributed by atoms with E-state index in [-0.39, 0.29) is 11.2 Å². The van der Waals surface area contributed by atoms with Gasteiger partial charge in [-0.15, -0.1) is 5.10 Å². The van der Waals surface area contributed by atoms with Gasteiger partial charge in [0.15, 0.2) is 16.7 Å². The van der Waals surface area contributed by atoms with Crippen LogP contribution in [-0.4, -0.2) is 36.3 Å². The first-order valence-corrected chi connectivity index (χ1v) is 9.51. The molecule has 0 spiro atoms. The summed E-state index contributed by atoms with van der Waals surface area (Å²) in [6.45, 7) is 2.49. The molecule has 27 heavy (non-hydrogen) atoms. The van der Waals surface area contributed by atoms with Gasteiger partial charge in [0, 0.05) is 0 Å². The van der Waals surface area contributed by atoms with E-state index in [1.807, 2.05) is 55.5 Å². The molecule has 0 radical (unpaired) electrons. The number of hydrogen-bond acceptors (Lipinski definition) is 6. The van der Waals surface area contributed by atoms with E-state index in [1.165, 1.54) is 11.8 Å². The maximum absolute atomic E-state index is 12.1. The zero-order chi connectivity index (χ0) is 19.1. The number of ether oxygens (including phenoxy) is 2. The summed E-state index contributed by atoms with van der Waals surface area (Å²) in [5.41, 5.74) is 1.95. The average molecular weight is 383 g/mol. The summed E-state index contributed by atoms with van der Waals surface area (Å²) in [7, 11) is 1.59. The van der Waals surface area contributed by atoms with Gasteiger partial charge in [0.25, 0.3) is 0 Å².